The lowest BCUT2D eigenvalue weighted by atomic mass is 10.1. The Bertz CT molecular complexity index is 987. The molecule has 176 valence electrons. The molecular weight excluding hydrogens is 466 g/mol. The third-order valence-electron chi connectivity index (χ3n) is 3.76. The topological polar surface area (TPSA) is 83.5 Å². The molecule has 0 aromatic heterocycles. The maximum atomic E-state index is 10.6. The van der Waals surface area contributed by atoms with Crippen molar-refractivity contribution >= 4 is 46.3 Å². The van der Waals surface area contributed by atoms with E-state index >= 15 is 0 Å². The number of carbonyl (C=O) groups is 1. The minimum absolute atomic E-state index is 0.763. The molecule has 32 heavy (non-hydrogen) atoms. The maximum Gasteiger partial charge on any atom is 0.324 e. The summed E-state index contributed by atoms with van der Waals surface area (Å²) in [5.41, 5.74) is 2.30. The molecule has 2 N–H and O–H groups in total. The van der Waals surface area contributed by atoms with Crippen LogP contribution < -0.4 is 4.72 Å². The fraction of sp³-hybridized carbons (Fsp3) is 0.292. The van der Waals surface area contributed by atoms with Gasteiger partial charge in [0.2, 0.25) is 10.0 Å². The van der Waals surface area contributed by atoms with Gasteiger partial charge < -0.3 is 5.11 Å². The largest absolute Gasteiger partial charge is 0.480 e. The summed E-state index contributed by atoms with van der Waals surface area (Å²) in [6.07, 6.45) is 16.5. The molecule has 0 radical (unpaired) electrons. The molecule has 1 aromatic rings. The predicted octanol–water partition coefficient (Wildman–Crippen LogP) is 6.03. The smallest absolute Gasteiger partial charge is 0.324 e. The highest BCUT2D eigenvalue weighted by molar-refractivity contribution is 7.88. The SMILES string of the molecule is CC(/C=C\S)=C\c1ccc(Cl)cc1.CC(C)(NS(C)(=O)=O)C(=O)O.CC1=CC=CC=CC1. The van der Waals surface area contributed by atoms with Crippen molar-refractivity contribution in [2.45, 2.75) is 39.7 Å². The summed E-state index contributed by atoms with van der Waals surface area (Å²) in [5, 5.41) is 11.0. The van der Waals surface area contributed by atoms with Crippen LogP contribution in [0, 0.1) is 0 Å². The van der Waals surface area contributed by atoms with Crippen molar-refractivity contribution in [2.75, 3.05) is 6.26 Å². The molecule has 0 amide bonds. The summed E-state index contributed by atoms with van der Waals surface area (Å²) < 4.78 is 23.1. The molecule has 0 heterocycles. The number of nitrogens with one attached hydrogen (secondary N) is 1. The standard InChI is InChI=1S/C11H11ClS.C8H10.C5H11NO4S/c1-9(6-7-13)8-10-2-4-11(12)5-3-10;1-8-6-4-2-3-5-7-8;1-5(2,4(7)8)6-11(3,9)10/h2-8,13H,1H3;2-6H,7H2,1H3;6H,1-3H3,(H,7,8)/b7-6-,9-8+;;. The van der Waals surface area contributed by atoms with Crippen LogP contribution in [0.1, 0.15) is 39.7 Å². The van der Waals surface area contributed by atoms with Gasteiger partial charge in [-0.25, -0.2) is 8.42 Å². The van der Waals surface area contributed by atoms with Crippen LogP contribution in [-0.2, 0) is 14.8 Å². The van der Waals surface area contributed by atoms with Gasteiger partial charge in [0, 0.05) is 5.02 Å². The number of hydrogen-bond acceptors (Lipinski definition) is 4. The molecular formula is C24H32ClNO4S2. The average Bonchev–Trinajstić information content (AvgIpc) is 2.90. The zero-order chi connectivity index (χ0) is 24.8. The van der Waals surface area contributed by atoms with Gasteiger partial charge in [0.1, 0.15) is 5.54 Å². The Morgan fingerprint density at radius 2 is 1.78 bits per heavy atom. The van der Waals surface area contributed by atoms with E-state index in [0.29, 0.717) is 0 Å². The molecule has 0 saturated heterocycles. The van der Waals surface area contributed by atoms with E-state index < -0.39 is 21.5 Å². The Balaban J connectivity index is 0.000000463. The fourth-order valence-electron chi connectivity index (χ4n) is 2.18. The molecule has 1 aliphatic rings. The van der Waals surface area contributed by atoms with Crippen LogP contribution in [0.4, 0.5) is 0 Å². The van der Waals surface area contributed by atoms with E-state index in [1.54, 1.807) is 5.41 Å². The van der Waals surface area contributed by atoms with Gasteiger partial charge in [-0.1, -0.05) is 77.4 Å². The van der Waals surface area contributed by atoms with Crippen LogP contribution >= 0.6 is 24.2 Å². The second kappa shape index (κ2) is 14.9. The number of rotatable bonds is 5. The van der Waals surface area contributed by atoms with Gasteiger partial charge in [-0.3, -0.25) is 4.79 Å². The monoisotopic (exact) mass is 497 g/mol. The van der Waals surface area contributed by atoms with Crippen LogP contribution in [0.3, 0.4) is 0 Å². The number of carboxylic acids is 1. The number of aliphatic carboxylic acids is 1. The number of halogens is 1. The van der Waals surface area contributed by atoms with E-state index in [2.05, 4.69) is 56.0 Å². The first kappa shape index (κ1) is 29.9. The zero-order valence-corrected chi connectivity index (χ0v) is 21.5. The van der Waals surface area contributed by atoms with Crippen molar-refractivity contribution in [3.8, 4) is 0 Å². The van der Waals surface area contributed by atoms with E-state index in [1.165, 1.54) is 19.4 Å². The first-order valence-corrected chi connectivity index (χ1v) is 12.5. The molecule has 0 unspecified atom stereocenters. The third-order valence-corrected chi connectivity index (χ3v) is 5.04. The van der Waals surface area contributed by atoms with Crippen molar-refractivity contribution in [2.24, 2.45) is 0 Å². The van der Waals surface area contributed by atoms with Crippen molar-refractivity contribution in [3.63, 3.8) is 0 Å². The molecule has 0 bridgehead atoms. The molecule has 8 heteroatoms. The number of allylic oxidation sites excluding steroid dienone is 8. The number of thiol groups is 1. The first-order valence-electron chi connectivity index (χ1n) is 9.73. The molecule has 1 aromatic carbocycles. The number of benzene rings is 1. The lowest BCUT2D eigenvalue weighted by Gasteiger charge is -2.18. The van der Waals surface area contributed by atoms with Crippen LogP contribution in [0.15, 0.2) is 77.3 Å². The van der Waals surface area contributed by atoms with E-state index in [0.717, 1.165) is 28.8 Å². The van der Waals surface area contributed by atoms with Crippen LogP contribution in [0.5, 0.6) is 0 Å². The van der Waals surface area contributed by atoms with Crippen molar-refractivity contribution in [1.82, 2.24) is 4.72 Å². The third kappa shape index (κ3) is 15.7. The first-order chi connectivity index (χ1) is 14.8. The number of carboxylic acid groups (broad SMARTS) is 1. The van der Waals surface area contributed by atoms with Crippen LogP contribution in [-0.4, -0.2) is 31.3 Å². The second-order valence-electron chi connectivity index (χ2n) is 7.59. The Morgan fingerprint density at radius 1 is 1.19 bits per heavy atom. The predicted molar refractivity (Wildman–Crippen MR) is 140 cm³/mol. The highest BCUT2D eigenvalue weighted by Crippen LogP contribution is 2.12. The van der Waals surface area contributed by atoms with E-state index in [4.69, 9.17) is 16.7 Å². The molecule has 0 fully saturated rings. The molecule has 0 aliphatic heterocycles. The summed E-state index contributed by atoms with van der Waals surface area (Å²) >= 11 is 9.76. The van der Waals surface area contributed by atoms with Gasteiger partial charge in [0.25, 0.3) is 0 Å². The minimum Gasteiger partial charge on any atom is -0.480 e. The lowest BCUT2D eigenvalue weighted by Crippen LogP contribution is -2.49. The zero-order valence-electron chi connectivity index (χ0n) is 19.0. The molecule has 0 spiro atoms. The molecule has 1 aliphatic carbocycles. The summed E-state index contributed by atoms with van der Waals surface area (Å²) in [4.78, 5) is 10.4. The van der Waals surface area contributed by atoms with Crippen molar-refractivity contribution in [1.29, 1.82) is 0 Å². The highest BCUT2D eigenvalue weighted by Gasteiger charge is 2.30. The lowest BCUT2D eigenvalue weighted by molar-refractivity contribution is -0.142. The minimum atomic E-state index is -3.46. The molecule has 0 atom stereocenters. The fourth-order valence-corrected chi connectivity index (χ4v) is 3.55. The van der Waals surface area contributed by atoms with Gasteiger partial charge >= 0.3 is 5.97 Å². The Kier molecular flexibility index (Phi) is 13.9. The van der Waals surface area contributed by atoms with Crippen molar-refractivity contribution in [3.05, 3.63) is 87.9 Å². The van der Waals surface area contributed by atoms with Gasteiger partial charge in [0.15, 0.2) is 0 Å². The molecule has 0 saturated carbocycles. The van der Waals surface area contributed by atoms with Crippen molar-refractivity contribution < 1.29 is 18.3 Å². The summed E-state index contributed by atoms with van der Waals surface area (Å²) in [6, 6.07) is 7.73. The Hall–Kier alpha value is -2.06. The summed E-state index contributed by atoms with van der Waals surface area (Å²) in [5.74, 6) is -1.21. The molecule has 5 nitrogen and oxygen atoms in total. The quantitative estimate of drug-likeness (QED) is 0.342. The van der Waals surface area contributed by atoms with Gasteiger partial charge in [-0.15, -0.1) is 0 Å². The van der Waals surface area contributed by atoms with E-state index in [9.17, 15) is 13.2 Å². The van der Waals surface area contributed by atoms with Gasteiger partial charge in [-0.05, 0) is 57.2 Å². The van der Waals surface area contributed by atoms with Gasteiger partial charge in [-0.2, -0.15) is 17.4 Å². The number of hydrogen-bond donors (Lipinski definition) is 3. The molecule has 2 rings (SSSR count). The number of sulfonamides is 1. The average molecular weight is 498 g/mol. The summed E-state index contributed by atoms with van der Waals surface area (Å²) in [7, 11) is -3.46. The summed E-state index contributed by atoms with van der Waals surface area (Å²) in [6.45, 7) is 6.72. The van der Waals surface area contributed by atoms with E-state index in [1.807, 2.05) is 42.0 Å². The second-order valence-corrected chi connectivity index (χ2v) is 10.1. The van der Waals surface area contributed by atoms with E-state index in [-0.39, 0.29) is 0 Å². The Morgan fingerprint density at radius 3 is 2.25 bits per heavy atom. The van der Waals surface area contributed by atoms with Crippen LogP contribution in [0.2, 0.25) is 5.02 Å². The van der Waals surface area contributed by atoms with Crippen LogP contribution in [0.25, 0.3) is 6.08 Å². The highest BCUT2D eigenvalue weighted by atomic mass is 35.5. The Labute approximate surface area is 202 Å². The normalized spacial score (nSPS) is 14.0. The van der Waals surface area contributed by atoms with Gasteiger partial charge in [0.05, 0.1) is 6.26 Å². The maximum absolute atomic E-state index is 10.6.